The van der Waals surface area contributed by atoms with E-state index >= 15 is 0 Å². The van der Waals surface area contributed by atoms with Gasteiger partial charge in [0.05, 0.1) is 5.56 Å². The van der Waals surface area contributed by atoms with Gasteiger partial charge in [0.25, 0.3) is 0 Å². The van der Waals surface area contributed by atoms with Gasteiger partial charge in [-0.15, -0.1) is 0 Å². The van der Waals surface area contributed by atoms with Crippen molar-refractivity contribution < 1.29 is 13.2 Å². The zero-order valence-electron chi connectivity index (χ0n) is 20.5. The van der Waals surface area contributed by atoms with E-state index in [2.05, 4.69) is 28.7 Å². The van der Waals surface area contributed by atoms with E-state index in [9.17, 15) is 13.2 Å². The average molecular weight is 522 g/mol. The molecule has 0 aliphatic carbocycles. The lowest BCUT2D eigenvalue weighted by Gasteiger charge is -2.36. The number of allylic oxidation sites excluding steroid dienone is 4. The van der Waals surface area contributed by atoms with E-state index < -0.39 is 11.7 Å². The summed E-state index contributed by atoms with van der Waals surface area (Å²) in [6.07, 6.45) is 6.16. The Balaban J connectivity index is 1.55. The van der Waals surface area contributed by atoms with Crippen molar-refractivity contribution in [1.29, 1.82) is 0 Å². The number of anilines is 3. The highest BCUT2D eigenvalue weighted by molar-refractivity contribution is 6.29. The molecule has 0 radical (unpaired) electrons. The van der Waals surface area contributed by atoms with Crippen molar-refractivity contribution in [2.24, 2.45) is 0 Å². The van der Waals surface area contributed by atoms with Gasteiger partial charge in [-0.1, -0.05) is 30.7 Å². The van der Waals surface area contributed by atoms with E-state index in [1.54, 1.807) is 4.90 Å². The molecule has 0 aromatic carbocycles. The molecular formula is C25H31ClF3N7. The Hall–Kier alpha value is -2.88. The van der Waals surface area contributed by atoms with E-state index in [1.807, 2.05) is 23.1 Å². The number of rotatable bonds is 7. The average Bonchev–Trinajstić information content (AvgIpc) is 3.29. The molecule has 36 heavy (non-hydrogen) atoms. The van der Waals surface area contributed by atoms with Crippen LogP contribution in [0, 0.1) is 0 Å². The summed E-state index contributed by atoms with van der Waals surface area (Å²) in [4.78, 5) is 24.1. The molecule has 2 aliphatic rings. The molecule has 2 aromatic heterocycles. The number of piperazine rings is 1. The van der Waals surface area contributed by atoms with Crippen LogP contribution in [0.15, 0.2) is 41.6 Å². The molecule has 4 rings (SSSR count). The van der Waals surface area contributed by atoms with Crippen LogP contribution in [0.25, 0.3) is 0 Å². The minimum atomic E-state index is -4.45. The lowest BCUT2D eigenvalue weighted by molar-refractivity contribution is -0.137. The van der Waals surface area contributed by atoms with Gasteiger partial charge in [0.15, 0.2) is 0 Å². The summed E-state index contributed by atoms with van der Waals surface area (Å²) < 4.78 is 40.5. The highest BCUT2D eigenvalue weighted by atomic mass is 35.5. The molecule has 0 spiro atoms. The molecule has 0 N–H and O–H groups in total. The van der Waals surface area contributed by atoms with Crippen molar-refractivity contribution >= 4 is 29.3 Å². The third-order valence-electron chi connectivity index (χ3n) is 6.40. The first-order valence-corrected chi connectivity index (χ1v) is 12.7. The van der Waals surface area contributed by atoms with E-state index in [4.69, 9.17) is 21.6 Å². The first kappa shape index (κ1) is 26.2. The Morgan fingerprint density at radius 3 is 2.47 bits per heavy atom. The quantitative estimate of drug-likeness (QED) is 0.462. The molecular weight excluding hydrogens is 491 g/mol. The van der Waals surface area contributed by atoms with Gasteiger partial charge in [-0.25, -0.2) is 4.98 Å². The predicted molar refractivity (Wildman–Crippen MR) is 137 cm³/mol. The van der Waals surface area contributed by atoms with Crippen molar-refractivity contribution in [2.75, 3.05) is 47.4 Å². The third kappa shape index (κ3) is 6.27. The van der Waals surface area contributed by atoms with Crippen LogP contribution in [-0.4, -0.2) is 58.7 Å². The first-order chi connectivity index (χ1) is 17.3. The van der Waals surface area contributed by atoms with Crippen molar-refractivity contribution in [3.05, 3.63) is 53.0 Å². The SMILES string of the molecule is CC/C=C\C=C(\Cl)Cc1nc(N2CCN(c3ncccc3C(F)(F)F)CC2)nc(N2CCCC2C)n1. The summed E-state index contributed by atoms with van der Waals surface area (Å²) in [5.74, 6) is 1.69. The Morgan fingerprint density at radius 2 is 1.81 bits per heavy atom. The molecule has 0 bridgehead atoms. The molecule has 194 valence electrons. The minimum Gasteiger partial charge on any atom is -0.353 e. The van der Waals surface area contributed by atoms with E-state index in [1.165, 1.54) is 12.3 Å². The van der Waals surface area contributed by atoms with E-state index in [0.717, 1.165) is 31.9 Å². The summed E-state index contributed by atoms with van der Waals surface area (Å²) in [6, 6.07) is 2.71. The van der Waals surface area contributed by atoms with Crippen LogP contribution in [0.1, 0.15) is 44.5 Å². The second kappa shape index (κ2) is 11.5. The topological polar surface area (TPSA) is 61.3 Å². The van der Waals surface area contributed by atoms with Crippen molar-refractivity contribution in [1.82, 2.24) is 19.9 Å². The zero-order chi connectivity index (χ0) is 25.7. The molecule has 0 saturated carbocycles. The number of halogens is 4. The summed E-state index contributed by atoms with van der Waals surface area (Å²) in [5.41, 5.74) is -0.718. The molecule has 2 aliphatic heterocycles. The van der Waals surface area contributed by atoms with Gasteiger partial charge in [-0.2, -0.15) is 28.1 Å². The lowest BCUT2D eigenvalue weighted by atomic mass is 10.2. The fourth-order valence-electron chi connectivity index (χ4n) is 4.48. The summed E-state index contributed by atoms with van der Waals surface area (Å²) in [6.45, 7) is 6.77. The van der Waals surface area contributed by atoms with Gasteiger partial charge >= 0.3 is 6.18 Å². The molecule has 11 heteroatoms. The van der Waals surface area contributed by atoms with Crippen LogP contribution in [0.5, 0.6) is 0 Å². The standard InChI is InChI=1S/C25H31ClF3N7/c1-3-4-5-9-19(26)17-21-31-23(33-24(32-21)36-12-7-8-18(36)2)35-15-13-34(14-16-35)22-20(25(27,28)29)10-6-11-30-22/h4-6,9-11,18H,3,7-8,12-17H2,1-2H3/b5-4-,19-9+. The number of alkyl halides is 3. The lowest BCUT2D eigenvalue weighted by Crippen LogP contribution is -2.48. The molecule has 1 atom stereocenters. The largest absolute Gasteiger partial charge is 0.419 e. The van der Waals surface area contributed by atoms with Gasteiger partial charge < -0.3 is 14.7 Å². The monoisotopic (exact) mass is 521 g/mol. The Morgan fingerprint density at radius 1 is 1.08 bits per heavy atom. The molecule has 2 aromatic rings. The van der Waals surface area contributed by atoms with E-state index in [-0.39, 0.29) is 5.82 Å². The van der Waals surface area contributed by atoms with Gasteiger partial charge in [0.2, 0.25) is 11.9 Å². The minimum absolute atomic E-state index is 0.0374. The van der Waals surface area contributed by atoms with Crippen molar-refractivity contribution in [3.63, 3.8) is 0 Å². The number of hydrogen-bond acceptors (Lipinski definition) is 7. The molecule has 4 heterocycles. The Labute approximate surface area is 214 Å². The van der Waals surface area contributed by atoms with Crippen LogP contribution in [0.3, 0.4) is 0 Å². The second-order valence-electron chi connectivity index (χ2n) is 9.01. The molecule has 1 unspecified atom stereocenters. The third-order valence-corrected chi connectivity index (χ3v) is 6.66. The van der Waals surface area contributed by atoms with Gasteiger partial charge in [0.1, 0.15) is 11.6 Å². The molecule has 2 fully saturated rings. The van der Waals surface area contributed by atoms with Crippen LogP contribution in [0.2, 0.25) is 0 Å². The fourth-order valence-corrected chi connectivity index (χ4v) is 4.67. The predicted octanol–water partition coefficient (Wildman–Crippen LogP) is 5.23. The first-order valence-electron chi connectivity index (χ1n) is 12.3. The van der Waals surface area contributed by atoms with Crippen LogP contribution < -0.4 is 14.7 Å². The van der Waals surface area contributed by atoms with Crippen LogP contribution in [-0.2, 0) is 12.6 Å². The zero-order valence-corrected chi connectivity index (χ0v) is 21.3. The van der Waals surface area contributed by atoms with Gasteiger partial charge in [-0.3, -0.25) is 0 Å². The maximum Gasteiger partial charge on any atom is 0.419 e. The van der Waals surface area contributed by atoms with Crippen LogP contribution in [0.4, 0.5) is 30.9 Å². The maximum absolute atomic E-state index is 13.5. The summed E-state index contributed by atoms with van der Waals surface area (Å²) >= 11 is 6.45. The molecule has 2 saturated heterocycles. The number of pyridine rings is 1. The molecule has 0 amide bonds. The van der Waals surface area contributed by atoms with Crippen molar-refractivity contribution in [2.45, 2.75) is 51.7 Å². The fraction of sp³-hybridized carbons (Fsp3) is 0.520. The Kier molecular flexibility index (Phi) is 8.33. The highest BCUT2D eigenvalue weighted by Crippen LogP contribution is 2.35. The molecule has 7 nitrogen and oxygen atoms in total. The van der Waals surface area contributed by atoms with Gasteiger partial charge in [-0.05, 0) is 44.4 Å². The number of aromatic nitrogens is 4. The second-order valence-corrected chi connectivity index (χ2v) is 9.49. The van der Waals surface area contributed by atoms with Crippen LogP contribution >= 0.6 is 11.6 Å². The number of nitrogens with zero attached hydrogens (tertiary/aromatic N) is 7. The van der Waals surface area contributed by atoms with E-state index in [0.29, 0.717) is 61.4 Å². The normalized spacial score (nSPS) is 19.6. The highest BCUT2D eigenvalue weighted by Gasteiger charge is 2.36. The smallest absolute Gasteiger partial charge is 0.353 e. The summed E-state index contributed by atoms with van der Waals surface area (Å²) in [7, 11) is 0. The summed E-state index contributed by atoms with van der Waals surface area (Å²) in [5, 5.41) is 0.622. The number of hydrogen-bond donors (Lipinski definition) is 0. The maximum atomic E-state index is 13.5. The van der Waals surface area contributed by atoms with Gasteiger partial charge in [0, 0.05) is 56.4 Å². The van der Waals surface area contributed by atoms with Crippen molar-refractivity contribution in [3.8, 4) is 0 Å². The Bertz CT molecular complexity index is 1100.